The van der Waals surface area contributed by atoms with Crippen molar-refractivity contribution in [3.05, 3.63) is 0 Å². The summed E-state index contributed by atoms with van der Waals surface area (Å²) in [5, 5.41) is 8.41. The number of hydrogen-bond donors (Lipinski definition) is 1. The molecule has 0 fully saturated rings. The van der Waals surface area contributed by atoms with Gasteiger partial charge in [0.15, 0.2) is 0 Å². The Balaban J connectivity index is 3.62. The summed E-state index contributed by atoms with van der Waals surface area (Å²) < 4.78 is 0. The first-order valence-corrected chi connectivity index (χ1v) is 3.00. The number of nitrogens with zero attached hydrogens (tertiary/aromatic N) is 1. The topological polar surface area (TPSA) is 40.5 Å². The minimum atomic E-state index is -0.128. The molecule has 1 N–H and O–H groups in total. The first-order valence-electron chi connectivity index (χ1n) is 3.00. The molecule has 1 amide bonds. The van der Waals surface area contributed by atoms with Gasteiger partial charge in [-0.2, -0.15) is 0 Å². The van der Waals surface area contributed by atoms with E-state index in [0.717, 1.165) is 0 Å². The van der Waals surface area contributed by atoms with Crippen LogP contribution in [0.1, 0.15) is 6.42 Å². The van der Waals surface area contributed by atoms with Crippen molar-refractivity contribution in [1.82, 2.24) is 4.90 Å². The van der Waals surface area contributed by atoms with Crippen LogP contribution in [0.2, 0.25) is 0 Å². The number of carbonyl (C=O) groups is 1. The maximum atomic E-state index is 10.8. The SMILES string of the molecule is C#CCC(=O)N(C)CCO. The number of likely N-dealkylation sites (N-methyl/N-ethyl adjacent to an activating group) is 1. The van der Waals surface area contributed by atoms with E-state index in [0.29, 0.717) is 6.54 Å². The van der Waals surface area contributed by atoms with Gasteiger partial charge in [0.2, 0.25) is 5.91 Å². The Labute approximate surface area is 60.6 Å². The van der Waals surface area contributed by atoms with Gasteiger partial charge in [0.1, 0.15) is 0 Å². The van der Waals surface area contributed by atoms with E-state index < -0.39 is 0 Å². The second-order valence-corrected chi connectivity index (χ2v) is 1.92. The lowest BCUT2D eigenvalue weighted by Gasteiger charge is -2.13. The zero-order valence-electron chi connectivity index (χ0n) is 6.00. The molecule has 0 aromatic heterocycles. The van der Waals surface area contributed by atoms with E-state index in [2.05, 4.69) is 5.92 Å². The van der Waals surface area contributed by atoms with Gasteiger partial charge in [-0.05, 0) is 0 Å². The first-order chi connectivity index (χ1) is 4.72. The van der Waals surface area contributed by atoms with Gasteiger partial charge in [-0.15, -0.1) is 6.42 Å². The van der Waals surface area contributed by atoms with Crippen molar-refractivity contribution in [2.24, 2.45) is 0 Å². The molecular weight excluding hydrogens is 130 g/mol. The highest BCUT2D eigenvalue weighted by Gasteiger charge is 2.03. The fourth-order valence-corrected chi connectivity index (χ4v) is 0.497. The number of carbonyl (C=O) groups excluding carboxylic acids is 1. The second kappa shape index (κ2) is 4.83. The predicted octanol–water partition coefficient (Wildman–Crippen LogP) is -0.540. The molecular formula is C7H11NO2. The van der Waals surface area contributed by atoms with Crippen molar-refractivity contribution in [3.8, 4) is 12.3 Å². The van der Waals surface area contributed by atoms with Crippen LogP contribution in [0.4, 0.5) is 0 Å². The standard InChI is InChI=1S/C7H11NO2/c1-3-4-7(10)8(2)5-6-9/h1,9H,4-6H2,2H3. The van der Waals surface area contributed by atoms with Crippen LogP contribution in [0, 0.1) is 12.3 Å². The number of aliphatic hydroxyl groups excluding tert-OH is 1. The normalized spacial score (nSPS) is 8.50. The highest BCUT2D eigenvalue weighted by atomic mass is 16.3. The van der Waals surface area contributed by atoms with E-state index >= 15 is 0 Å². The number of amides is 1. The molecule has 0 spiro atoms. The highest BCUT2D eigenvalue weighted by molar-refractivity contribution is 5.78. The van der Waals surface area contributed by atoms with Gasteiger partial charge in [0.25, 0.3) is 0 Å². The third-order valence-corrected chi connectivity index (χ3v) is 1.11. The number of rotatable bonds is 3. The van der Waals surface area contributed by atoms with Gasteiger partial charge >= 0.3 is 0 Å². The van der Waals surface area contributed by atoms with Crippen LogP contribution < -0.4 is 0 Å². The highest BCUT2D eigenvalue weighted by Crippen LogP contribution is 1.87. The van der Waals surface area contributed by atoms with Crippen LogP contribution in [-0.2, 0) is 4.79 Å². The van der Waals surface area contributed by atoms with Crippen LogP contribution in [-0.4, -0.2) is 36.1 Å². The molecule has 10 heavy (non-hydrogen) atoms. The molecule has 0 heterocycles. The Kier molecular flexibility index (Phi) is 4.34. The average Bonchev–Trinajstić information content (AvgIpc) is 1.89. The van der Waals surface area contributed by atoms with Crippen LogP contribution >= 0.6 is 0 Å². The monoisotopic (exact) mass is 141 g/mol. The van der Waals surface area contributed by atoms with Crippen molar-refractivity contribution >= 4 is 5.91 Å². The molecule has 0 aromatic carbocycles. The van der Waals surface area contributed by atoms with Gasteiger partial charge in [-0.3, -0.25) is 4.79 Å². The molecule has 0 aliphatic carbocycles. The minimum absolute atomic E-state index is 0.0210. The van der Waals surface area contributed by atoms with Crippen molar-refractivity contribution in [1.29, 1.82) is 0 Å². The Morgan fingerprint density at radius 1 is 1.80 bits per heavy atom. The lowest BCUT2D eigenvalue weighted by molar-refractivity contribution is -0.129. The Hall–Kier alpha value is -1.01. The second-order valence-electron chi connectivity index (χ2n) is 1.92. The van der Waals surface area contributed by atoms with Crippen molar-refractivity contribution < 1.29 is 9.90 Å². The molecule has 0 aromatic rings. The van der Waals surface area contributed by atoms with Crippen LogP contribution in [0.3, 0.4) is 0 Å². The summed E-state index contributed by atoms with van der Waals surface area (Å²) in [5.41, 5.74) is 0. The minimum Gasteiger partial charge on any atom is -0.395 e. The molecule has 0 rings (SSSR count). The van der Waals surface area contributed by atoms with E-state index in [4.69, 9.17) is 11.5 Å². The zero-order valence-corrected chi connectivity index (χ0v) is 6.00. The van der Waals surface area contributed by atoms with Crippen molar-refractivity contribution in [2.45, 2.75) is 6.42 Å². The largest absolute Gasteiger partial charge is 0.395 e. The number of hydrogen-bond acceptors (Lipinski definition) is 2. The van der Waals surface area contributed by atoms with E-state index in [9.17, 15) is 4.79 Å². The van der Waals surface area contributed by atoms with E-state index in [1.54, 1.807) is 7.05 Å². The Morgan fingerprint density at radius 3 is 2.80 bits per heavy atom. The summed E-state index contributed by atoms with van der Waals surface area (Å²) in [6.45, 7) is 0.327. The lowest BCUT2D eigenvalue weighted by atomic mass is 10.4. The summed E-state index contributed by atoms with van der Waals surface area (Å²) >= 11 is 0. The molecule has 0 saturated heterocycles. The van der Waals surface area contributed by atoms with Crippen LogP contribution in [0.25, 0.3) is 0 Å². The molecule has 3 heteroatoms. The fraction of sp³-hybridized carbons (Fsp3) is 0.571. The lowest BCUT2D eigenvalue weighted by Crippen LogP contribution is -2.28. The smallest absolute Gasteiger partial charge is 0.234 e. The van der Waals surface area contributed by atoms with Crippen LogP contribution in [0.5, 0.6) is 0 Å². The summed E-state index contributed by atoms with van der Waals surface area (Å²) in [7, 11) is 1.61. The molecule has 0 saturated carbocycles. The molecule has 0 aliphatic rings. The van der Waals surface area contributed by atoms with Gasteiger partial charge in [-0.1, -0.05) is 5.92 Å². The van der Waals surface area contributed by atoms with Crippen molar-refractivity contribution in [2.75, 3.05) is 20.2 Å². The first kappa shape index (κ1) is 8.99. The quantitative estimate of drug-likeness (QED) is 0.536. The van der Waals surface area contributed by atoms with Gasteiger partial charge < -0.3 is 10.0 Å². The maximum Gasteiger partial charge on any atom is 0.234 e. The maximum absolute atomic E-state index is 10.8. The molecule has 56 valence electrons. The summed E-state index contributed by atoms with van der Waals surface area (Å²) in [6.07, 6.45) is 5.01. The molecule has 0 unspecified atom stereocenters. The molecule has 0 aliphatic heterocycles. The van der Waals surface area contributed by atoms with Crippen molar-refractivity contribution in [3.63, 3.8) is 0 Å². The third kappa shape index (κ3) is 3.10. The van der Waals surface area contributed by atoms with Gasteiger partial charge in [-0.25, -0.2) is 0 Å². The van der Waals surface area contributed by atoms with Gasteiger partial charge in [0, 0.05) is 13.6 Å². The third-order valence-electron chi connectivity index (χ3n) is 1.11. The summed E-state index contributed by atoms with van der Waals surface area (Å²) in [4.78, 5) is 12.2. The average molecular weight is 141 g/mol. The predicted molar refractivity (Wildman–Crippen MR) is 38.2 cm³/mol. The van der Waals surface area contributed by atoms with E-state index in [1.165, 1.54) is 4.90 Å². The number of terminal acetylenes is 1. The van der Waals surface area contributed by atoms with E-state index in [-0.39, 0.29) is 18.9 Å². The molecule has 0 atom stereocenters. The van der Waals surface area contributed by atoms with E-state index in [1.807, 2.05) is 0 Å². The van der Waals surface area contributed by atoms with Gasteiger partial charge in [0.05, 0.1) is 13.0 Å². The van der Waals surface area contributed by atoms with Crippen LogP contribution in [0.15, 0.2) is 0 Å². The Bertz CT molecular complexity index is 148. The zero-order chi connectivity index (χ0) is 7.98. The summed E-state index contributed by atoms with van der Waals surface area (Å²) in [5.74, 6) is 2.11. The molecule has 0 bridgehead atoms. The summed E-state index contributed by atoms with van der Waals surface area (Å²) in [6, 6.07) is 0. The molecule has 3 nitrogen and oxygen atoms in total. The number of aliphatic hydroxyl groups is 1. The Morgan fingerprint density at radius 2 is 2.40 bits per heavy atom. The fourth-order valence-electron chi connectivity index (χ4n) is 0.497. The molecule has 0 radical (unpaired) electrons.